The fourth-order valence-corrected chi connectivity index (χ4v) is 1.07. The summed E-state index contributed by atoms with van der Waals surface area (Å²) < 4.78 is 5.16. The molecule has 0 aliphatic rings. The Balaban J connectivity index is 2.48. The largest absolute Gasteiger partial charge is 0.360 e. The highest BCUT2D eigenvalue weighted by atomic mass is 16.5. The molecule has 1 rings (SSSR count). The lowest BCUT2D eigenvalue weighted by molar-refractivity contribution is 0.281. The van der Waals surface area contributed by atoms with Crippen LogP contribution in [0.5, 0.6) is 0 Å². The molecule has 4 nitrogen and oxygen atoms in total. The smallest absolute Gasteiger partial charge is 0.151 e. The molecule has 0 unspecified atom stereocenters. The zero-order chi connectivity index (χ0) is 9.68. The Morgan fingerprint density at radius 2 is 2.38 bits per heavy atom. The third-order valence-electron chi connectivity index (χ3n) is 1.93. The minimum absolute atomic E-state index is 0.763. The van der Waals surface area contributed by atoms with Gasteiger partial charge in [-0.15, -0.1) is 0 Å². The SMILES string of the molecule is CCN(C)Cc1cc(CNC)no1. The van der Waals surface area contributed by atoms with Crippen LogP contribution in [0.15, 0.2) is 10.6 Å². The standard InChI is InChI=1S/C9H17N3O/c1-4-12(3)7-9-5-8(6-10-2)11-13-9/h5,10H,4,6-7H2,1-3H3. The van der Waals surface area contributed by atoms with Crippen LogP contribution in [0.2, 0.25) is 0 Å². The summed E-state index contributed by atoms with van der Waals surface area (Å²) in [7, 11) is 3.95. The van der Waals surface area contributed by atoms with Crippen molar-refractivity contribution >= 4 is 0 Å². The molecule has 0 saturated heterocycles. The molecule has 0 saturated carbocycles. The predicted molar refractivity (Wildman–Crippen MR) is 51.3 cm³/mol. The molecule has 0 aliphatic heterocycles. The first-order chi connectivity index (χ1) is 6.26. The van der Waals surface area contributed by atoms with E-state index in [-0.39, 0.29) is 0 Å². The van der Waals surface area contributed by atoms with Gasteiger partial charge in [-0.2, -0.15) is 0 Å². The lowest BCUT2D eigenvalue weighted by atomic mass is 10.3. The van der Waals surface area contributed by atoms with Crippen LogP contribution in [0, 0.1) is 0 Å². The zero-order valence-corrected chi connectivity index (χ0v) is 8.50. The van der Waals surface area contributed by atoms with Crippen LogP contribution in [0.25, 0.3) is 0 Å². The van der Waals surface area contributed by atoms with Crippen LogP contribution in [0.1, 0.15) is 18.4 Å². The third kappa shape index (κ3) is 3.16. The Morgan fingerprint density at radius 3 is 3.00 bits per heavy atom. The van der Waals surface area contributed by atoms with E-state index in [1.54, 1.807) is 0 Å². The summed E-state index contributed by atoms with van der Waals surface area (Å²) in [5.41, 5.74) is 0.960. The summed E-state index contributed by atoms with van der Waals surface area (Å²) in [6, 6.07) is 1.99. The van der Waals surface area contributed by atoms with Crippen molar-refractivity contribution < 1.29 is 4.52 Å². The number of rotatable bonds is 5. The third-order valence-corrected chi connectivity index (χ3v) is 1.93. The van der Waals surface area contributed by atoms with Crippen molar-refractivity contribution in [3.63, 3.8) is 0 Å². The molecule has 1 aromatic heterocycles. The van der Waals surface area contributed by atoms with Gasteiger partial charge in [-0.25, -0.2) is 0 Å². The minimum Gasteiger partial charge on any atom is -0.360 e. The number of nitrogens with zero attached hydrogens (tertiary/aromatic N) is 2. The Hall–Kier alpha value is -0.870. The van der Waals surface area contributed by atoms with Gasteiger partial charge >= 0.3 is 0 Å². The average molecular weight is 183 g/mol. The van der Waals surface area contributed by atoms with E-state index < -0.39 is 0 Å². The lowest BCUT2D eigenvalue weighted by Gasteiger charge is -2.09. The molecular weight excluding hydrogens is 166 g/mol. The molecule has 1 aromatic rings. The normalized spacial score (nSPS) is 11.1. The molecule has 0 amide bonds. The summed E-state index contributed by atoms with van der Waals surface area (Å²) in [4.78, 5) is 2.17. The van der Waals surface area contributed by atoms with E-state index in [0.717, 1.165) is 31.1 Å². The summed E-state index contributed by atoms with van der Waals surface area (Å²) in [6.07, 6.45) is 0. The quantitative estimate of drug-likeness (QED) is 0.734. The van der Waals surface area contributed by atoms with E-state index in [1.807, 2.05) is 13.1 Å². The number of hydrogen-bond donors (Lipinski definition) is 1. The van der Waals surface area contributed by atoms with E-state index in [2.05, 4.69) is 29.3 Å². The second kappa shape index (κ2) is 4.99. The maximum Gasteiger partial charge on any atom is 0.151 e. The van der Waals surface area contributed by atoms with Gasteiger partial charge in [-0.1, -0.05) is 12.1 Å². The second-order valence-corrected chi connectivity index (χ2v) is 3.15. The monoisotopic (exact) mass is 183 g/mol. The van der Waals surface area contributed by atoms with E-state index in [4.69, 9.17) is 4.52 Å². The van der Waals surface area contributed by atoms with Crippen molar-refractivity contribution in [2.45, 2.75) is 20.0 Å². The van der Waals surface area contributed by atoms with Crippen molar-refractivity contribution in [3.05, 3.63) is 17.5 Å². The average Bonchev–Trinajstić information content (AvgIpc) is 2.53. The van der Waals surface area contributed by atoms with Gasteiger partial charge in [0.15, 0.2) is 5.76 Å². The Kier molecular flexibility index (Phi) is 3.92. The second-order valence-electron chi connectivity index (χ2n) is 3.15. The molecular formula is C9H17N3O. The molecule has 0 aromatic carbocycles. The Morgan fingerprint density at radius 1 is 1.62 bits per heavy atom. The first kappa shape index (κ1) is 10.2. The first-order valence-corrected chi connectivity index (χ1v) is 4.54. The minimum atomic E-state index is 0.763. The van der Waals surface area contributed by atoms with Crippen molar-refractivity contribution in [3.8, 4) is 0 Å². The summed E-state index contributed by atoms with van der Waals surface area (Å²) in [5, 5.41) is 6.96. The van der Waals surface area contributed by atoms with Crippen LogP contribution in [-0.4, -0.2) is 30.7 Å². The lowest BCUT2D eigenvalue weighted by Crippen LogP contribution is -2.16. The van der Waals surface area contributed by atoms with Gasteiger partial charge in [0, 0.05) is 12.6 Å². The summed E-state index contributed by atoms with van der Waals surface area (Å²) in [5.74, 6) is 0.926. The maximum atomic E-state index is 5.16. The van der Waals surface area contributed by atoms with Crippen molar-refractivity contribution in [1.82, 2.24) is 15.4 Å². The van der Waals surface area contributed by atoms with Crippen molar-refractivity contribution in [1.29, 1.82) is 0 Å². The molecule has 4 heteroatoms. The Labute approximate surface area is 78.9 Å². The van der Waals surface area contributed by atoms with Crippen molar-refractivity contribution in [2.24, 2.45) is 0 Å². The molecule has 0 spiro atoms. The van der Waals surface area contributed by atoms with E-state index >= 15 is 0 Å². The predicted octanol–water partition coefficient (Wildman–Crippen LogP) is 0.846. The van der Waals surface area contributed by atoms with Crippen LogP contribution in [0.3, 0.4) is 0 Å². The van der Waals surface area contributed by atoms with Gasteiger partial charge in [0.1, 0.15) is 0 Å². The number of hydrogen-bond acceptors (Lipinski definition) is 4. The van der Waals surface area contributed by atoms with Crippen molar-refractivity contribution in [2.75, 3.05) is 20.6 Å². The molecule has 0 radical (unpaired) electrons. The van der Waals surface area contributed by atoms with E-state index in [9.17, 15) is 0 Å². The van der Waals surface area contributed by atoms with Crippen LogP contribution in [-0.2, 0) is 13.1 Å². The maximum absolute atomic E-state index is 5.16. The van der Waals surface area contributed by atoms with Crippen LogP contribution >= 0.6 is 0 Å². The molecule has 0 bridgehead atoms. The highest BCUT2D eigenvalue weighted by Gasteiger charge is 2.04. The van der Waals surface area contributed by atoms with Crippen LogP contribution in [0.4, 0.5) is 0 Å². The fraction of sp³-hybridized carbons (Fsp3) is 0.667. The summed E-state index contributed by atoms with van der Waals surface area (Å²) >= 11 is 0. The highest BCUT2D eigenvalue weighted by molar-refractivity contribution is 5.04. The molecule has 0 fully saturated rings. The molecule has 0 atom stereocenters. The van der Waals surface area contributed by atoms with Gasteiger partial charge in [0.2, 0.25) is 0 Å². The highest BCUT2D eigenvalue weighted by Crippen LogP contribution is 2.05. The van der Waals surface area contributed by atoms with Gasteiger partial charge in [-0.3, -0.25) is 4.90 Å². The molecule has 1 heterocycles. The van der Waals surface area contributed by atoms with E-state index in [1.165, 1.54) is 0 Å². The van der Waals surface area contributed by atoms with Crippen LogP contribution < -0.4 is 5.32 Å². The summed E-state index contributed by atoms with van der Waals surface area (Å²) in [6.45, 7) is 4.72. The Bertz CT molecular complexity index is 247. The molecule has 74 valence electrons. The number of aromatic nitrogens is 1. The van der Waals surface area contributed by atoms with Gasteiger partial charge < -0.3 is 9.84 Å². The molecule has 1 N–H and O–H groups in total. The first-order valence-electron chi connectivity index (χ1n) is 4.54. The van der Waals surface area contributed by atoms with Gasteiger partial charge in [0.25, 0.3) is 0 Å². The zero-order valence-electron chi connectivity index (χ0n) is 8.50. The number of nitrogens with one attached hydrogen (secondary N) is 1. The molecule has 13 heavy (non-hydrogen) atoms. The fourth-order valence-electron chi connectivity index (χ4n) is 1.07. The van der Waals surface area contributed by atoms with E-state index in [0.29, 0.717) is 0 Å². The van der Waals surface area contributed by atoms with Gasteiger partial charge in [-0.05, 0) is 20.6 Å². The van der Waals surface area contributed by atoms with Gasteiger partial charge in [0.05, 0.1) is 12.2 Å². The molecule has 0 aliphatic carbocycles. The topological polar surface area (TPSA) is 41.3 Å².